The number of aromatic amines is 1. The van der Waals surface area contributed by atoms with Gasteiger partial charge in [-0.1, -0.05) is 24.3 Å². The molecule has 3 aromatic rings. The third-order valence-corrected chi connectivity index (χ3v) is 4.19. The fourth-order valence-corrected chi connectivity index (χ4v) is 2.87. The first kappa shape index (κ1) is 17.5. The van der Waals surface area contributed by atoms with Crippen molar-refractivity contribution in [1.82, 2.24) is 9.88 Å². The lowest BCUT2D eigenvalue weighted by atomic mass is 10.1. The van der Waals surface area contributed by atoms with E-state index in [1.807, 2.05) is 49.4 Å². The van der Waals surface area contributed by atoms with Crippen LogP contribution in [0.15, 0.2) is 53.3 Å². The lowest BCUT2D eigenvalue weighted by Crippen LogP contribution is -2.31. The van der Waals surface area contributed by atoms with Crippen molar-refractivity contribution in [2.75, 3.05) is 19.5 Å². The van der Waals surface area contributed by atoms with Crippen LogP contribution < -0.4 is 15.6 Å². The number of methoxy groups -OCH3 is 1. The van der Waals surface area contributed by atoms with Crippen LogP contribution in [-0.2, 0) is 6.54 Å². The molecule has 0 fully saturated rings. The molecule has 0 aliphatic heterocycles. The molecule has 134 valence electrons. The van der Waals surface area contributed by atoms with Crippen LogP contribution in [0.1, 0.15) is 11.1 Å². The molecule has 26 heavy (non-hydrogen) atoms. The van der Waals surface area contributed by atoms with Crippen LogP contribution in [0.3, 0.4) is 0 Å². The van der Waals surface area contributed by atoms with E-state index in [1.54, 1.807) is 14.2 Å². The topological polar surface area (TPSA) is 74.4 Å². The van der Waals surface area contributed by atoms with E-state index < -0.39 is 0 Å². The van der Waals surface area contributed by atoms with E-state index in [2.05, 4.69) is 10.3 Å². The first-order valence-electron chi connectivity index (χ1n) is 8.25. The number of carbonyl (C=O) groups excluding carboxylic acids is 1. The van der Waals surface area contributed by atoms with Gasteiger partial charge in [0, 0.05) is 30.6 Å². The molecule has 0 unspecified atom stereocenters. The third kappa shape index (κ3) is 3.69. The highest BCUT2D eigenvalue weighted by molar-refractivity contribution is 5.91. The molecule has 2 amide bonds. The second-order valence-electron chi connectivity index (χ2n) is 6.19. The van der Waals surface area contributed by atoms with Crippen LogP contribution in [0.5, 0.6) is 5.75 Å². The largest absolute Gasteiger partial charge is 0.495 e. The first-order chi connectivity index (χ1) is 12.5. The number of ether oxygens (including phenoxy) is 1. The lowest BCUT2D eigenvalue weighted by molar-refractivity contribution is 0.220. The van der Waals surface area contributed by atoms with Crippen molar-refractivity contribution in [2.24, 2.45) is 0 Å². The van der Waals surface area contributed by atoms with Gasteiger partial charge in [0.15, 0.2) is 0 Å². The van der Waals surface area contributed by atoms with Gasteiger partial charge in [-0.15, -0.1) is 0 Å². The van der Waals surface area contributed by atoms with Gasteiger partial charge in [0.1, 0.15) is 5.75 Å². The molecule has 0 saturated heterocycles. The van der Waals surface area contributed by atoms with Crippen LogP contribution in [0, 0.1) is 6.92 Å². The van der Waals surface area contributed by atoms with E-state index in [9.17, 15) is 9.59 Å². The molecule has 1 heterocycles. The molecule has 1 aromatic heterocycles. The van der Waals surface area contributed by atoms with Gasteiger partial charge in [-0.05, 0) is 36.2 Å². The Morgan fingerprint density at radius 1 is 1.19 bits per heavy atom. The van der Waals surface area contributed by atoms with Crippen molar-refractivity contribution in [3.05, 3.63) is 70.0 Å². The van der Waals surface area contributed by atoms with E-state index in [1.165, 1.54) is 11.0 Å². The number of anilines is 1. The zero-order valence-corrected chi connectivity index (χ0v) is 15.0. The summed E-state index contributed by atoms with van der Waals surface area (Å²) in [5.41, 5.74) is 2.99. The monoisotopic (exact) mass is 351 g/mol. The maximum Gasteiger partial charge on any atom is 0.321 e. The van der Waals surface area contributed by atoms with E-state index in [0.29, 0.717) is 18.0 Å². The Morgan fingerprint density at radius 3 is 2.73 bits per heavy atom. The number of urea groups is 1. The van der Waals surface area contributed by atoms with Crippen molar-refractivity contribution in [1.29, 1.82) is 0 Å². The number of aryl methyl sites for hydroxylation is 1. The Kier molecular flexibility index (Phi) is 4.93. The fraction of sp³-hybridized carbons (Fsp3) is 0.200. The molecule has 2 aromatic carbocycles. The predicted molar refractivity (Wildman–Crippen MR) is 103 cm³/mol. The number of nitrogens with zero attached hydrogens (tertiary/aromatic N) is 1. The van der Waals surface area contributed by atoms with E-state index in [0.717, 1.165) is 22.0 Å². The van der Waals surface area contributed by atoms with Crippen LogP contribution >= 0.6 is 0 Å². The third-order valence-electron chi connectivity index (χ3n) is 4.19. The molecular weight excluding hydrogens is 330 g/mol. The standard InChI is InChI=1S/C20H21N3O3/c1-13-8-9-18(26-3)17(10-13)22-20(25)23(2)12-14-11-19(24)21-16-7-5-4-6-15(14)16/h4-11H,12H2,1-3H3,(H,21,24)(H,22,25). The molecule has 0 saturated carbocycles. The number of amides is 2. The second kappa shape index (κ2) is 7.31. The summed E-state index contributed by atoms with van der Waals surface area (Å²) in [5.74, 6) is 0.596. The summed E-state index contributed by atoms with van der Waals surface area (Å²) in [6.45, 7) is 2.26. The van der Waals surface area contributed by atoms with E-state index in [4.69, 9.17) is 4.74 Å². The molecule has 6 nitrogen and oxygen atoms in total. The Labute approximate surface area is 151 Å². The Balaban J connectivity index is 1.83. The minimum Gasteiger partial charge on any atom is -0.495 e. The summed E-state index contributed by atoms with van der Waals surface area (Å²) in [7, 11) is 3.25. The number of hydrogen-bond acceptors (Lipinski definition) is 3. The average Bonchev–Trinajstić information content (AvgIpc) is 2.61. The molecular formula is C20H21N3O3. The van der Waals surface area contributed by atoms with E-state index >= 15 is 0 Å². The number of pyridine rings is 1. The Bertz CT molecular complexity index is 1010. The molecule has 0 aliphatic rings. The summed E-state index contributed by atoms with van der Waals surface area (Å²) in [6, 6.07) is 14.4. The van der Waals surface area contributed by atoms with E-state index in [-0.39, 0.29) is 11.6 Å². The van der Waals surface area contributed by atoms with Crippen molar-refractivity contribution in [3.8, 4) is 5.75 Å². The van der Waals surface area contributed by atoms with Gasteiger partial charge in [0.05, 0.1) is 12.8 Å². The van der Waals surface area contributed by atoms with Crippen molar-refractivity contribution in [3.63, 3.8) is 0 Å². The number of fused-ring (bicyclic) bond motifs is 1. The zero-order valence-electron chi connectivity index (χ0n) is 15.0. The summed E-state index contributed by atoms with van der Waals surface area (Å²) in [4.78, 5) is 28.8. The minimum absolute atomic E-state index is 0.187. The quantitative estimate of drug-likeness (QED) is 0.755. The summed E-state index contributed by atoms with van der Waals surface area (Å²) >= 11 is 0. The highest BCUT2D eigenvalue weighted by Crippen LogP contribution is 2.25. The maximum atomic E-state index is 12.6. The van der Waals surface area contributed by atoms with Crippen molar-refractivity contribution < 1.29 is 9.53 Å². The highest BCUT2D eigenvalue weighted by Gasteiger charge is 2.14. The number of H-pyrrole nitrogens is 1. The summed E-state index contributed by atoms with van der Waals surface area (Å²) in [5, 5.41) is 3.78. The zero-order chi connectivity index (χ0) is 18.7. The maximum absolute atomic E-state index is 12.6. The number of rotatable bonds is 4. The molecule has 0 bridgehead atoms. The number of benzene rings is 2. The normalized spacial score (nSPS) is 10.6. The minimum atomic E-state index is -0.279. The molecule has 0 radical (unpaired) electrons. The van der Waals surface area contributed by atoms with Gasteiger partial charge in [0.2, 0.25) is 5.56 Å². The van der Waals surface area contributed by atoms with Crippen LogP contribution in [0.25, 0.3) is 10.9 Å². The van der Waals surface area contributed by atoms with Gasteiger partial charge in [-0.3, -0.25) is 4.79 Å². The number of carbonyl (C=O) groups is 1. The van der Waals surface area contributed by atoms with Crippen LogP contribution in [-0.4, -0.2) is 30.1 Å². The van der Waals surface area contributed by atoms with Gasteiger partial charge in [-0.25, -0.2) is 4.79 Å². The molecule has 3 rings (SSSR count). The molecule has 2 N–H and O–H groups in total. The highest BCUT2D eigenvalue weighted by atomic mass is 16.5. The molecule has 6 heteroatoms. The second-order valence-corrected chi connectivity index (χ2v) is 6.19. The Morgan fingerprint density at radius 2 is 1.96 bits per heavy atom. The van der Waals surface area contributed by atoms with Gasteiger partial charge < -0.3 is 19.9 Å². The molecule has 0 spiro atoms. The average molecular weight is 351 g/mol. The van der Waals surface area contributed by atoms with Crippen molar-refractivity contribution in [2.45, 2.75) is 13.5 Å². The van der Waals surface area contributed by atoms with Crippen LogP contribution in [0.2, 0.25) is 0 Å². The van der Waals surface area contributed by atoms with Gasteiger partial charge >= 0.3 is 6.03 Å². The Hall–Kier alpha value is -3.28. The van der Waals surface area contributed by atoms with Crippen molar-refractivity contribution >= 4 is 22.6 Å². The summed E-state index contributed by atoms with van der Waals surface area (Å²) < 4.78 is 5.29. The smallest absolute Gasteiger partial charge is 0.321 e. The lowest BCUT2D eigenvalue weighted by Gasteiger charge is -2.20. The van der Waals surface area contributed by atoms with Gasteiger partial charge in [0.25, 0.3) is 0 Å². The predicted octanol–water partition coefficient (Wildman–Crippen LogP) is 3.51. The SMILES string of the molecule is COc1ccc(C)cc1NC(=O)N(C)Cc1cc(=O)[nH]c2ccccc12. The first-order valence-corrected chi connectivity index (χ1v) is 8.25. The fourth-order valence-electron chi connectivity index (χ4n) is 2.87. The number of nitrogens with one attached hydrogen (secondary N) is 2. The number of aromatic nitrogens is 1. The number of para-hydroxylation sites is 1. The van der Waals surface area contributed by atoms with Gasteiger partial charge in [-0.2, -0.15) is 0 Å². The number of hydrogen-bond donors (Lipinski definition) is 2. The summed E-state index contributed by atoms with van der Waals surface area (Å²) in [6.07, 6.45) is 0. The van der Waals surface area contributed by atoms with Crippen LogP contribution in [0.4, 0.5) is 10.5 Å². The molecule has 0 aliphatic carbocycles. The molecule has 0 atom stereocenters.